The molecule has 2 aliphatic heterocycles. The van der Waals surface area contributed by atoms with Gasteiger partial charge in [-0.05, 0) is 12.2 Å². The second-order valence-corrected chi connectivity index (χ2v) is 4.78. The van der Waals surface area contributed by atoms with E-state index in [1.807, 2.05) is 11.8 Å². The number of morpholine rings is 1. The molecule has 0 saturated carbocycles. The van der Waals surface area contributed by atoms with Crippen LogP contribution in [0, 0.1) is 0 Å². The van der Waals surface area contributed by atoms with Crippen molar-refractivity contribution in [3.05, 3.63) is 0 Å². The average molecular weight is 216 g/mol. The van der Waals surface area contributed by atoms with Crippen LogP contribution in [0.25, 0.3) is 0 Å². The molecular weight excluding hydrogens is 200 g/mol. The van der Waals surface area contributed by atoms with Gasteiger partial charge >= 0.3 is 0 Å². The fourth-order valence-corrected chi connectivity index (χ4v) is 2.83. The van der Waals surface area contributed by atoms with E-state index in [0.29, 0.717) is 19.2 Å². The standard InChI is InChI=1S/C9H16N2O2S/c12-9(8-5-10-2-3-13-8)11-7-1-4-14-6-7/h7-8,10H,1-6H2,(H,11,12)/t7?,8-/m1/s1. The van der Waals surface area contributed by atoms with Crippen LogP contribution in [0.2, 0.25) is 0 Å². The Morgan fingerprint density at radius 3 is 3.14 bits per heavy atom. The SMILES string of the molecule is O=C(NC1CCSC1)[C@H]1CNCCO1. The van der Waals surface area contributed by atoms with Gasteiger partial charge in [0.25, 0.3) is 5.91 Å². The fourth-order valence-electron chi connectivity index (χ4n) is 1.68. The smallest absolute Gasteiger partial charge is 0.250 e. The number of amides is 1. The van der Waals surface area contributed by atoms with E-state index in [1.54, 1.807) is 0 Å². The summed E-state index contributed by atoms with van der Waals surface area (Å²) >= 11 is 1.90. The molecule has 2 saturated heterocycles. The summed E-state index contributed by atoms with van der Waals surface area (Å²) < 4.78 is 5.37. The largest absolute Gasteiger partial charge is 0.366 e. The maximum atomic E-state index is 11.7. The fraction of sp³-hybridized carbons (Fsp3) is 0.889. The highest BCUT2D eigenvalue weighted by Crippen LogP contribution is 2.17. The topological polar surface area (TPSA) is 50.4 Å². The average Bonchev–Trinajstić information content (AvgIpc) is 2.72. The van der Waals surface area contributed by atoms with Crippen LogP contribution in [0.1, 0.15) is 6.42 Å². The van der Waals surface area contributed by atoms with E-state index in [9.17, 15) is 4.79 Å². The number of thioether (sulfide) groups is 1. The Labute approximate surface area is 88.1 Å². The van der Waals surface area contributed by atoms with E-state index in [1.165, 1.54) is 0 Å². The first-order chi connectivity index (χ1) is 6.86. The summed E-state index contributed by atoms with van der Waals surface area (Å²) in [6.45, 7) is 2.13. The van der Waals surface area contributed by atoms with Crippen molar-refractivity contribution in [1.82, 2.24) is 10.6 Å². The summed E-state index contributed by atoms with van der Waals surface area (Å²) in [5.41, 5.74) is 0. The highest BCUT2D eigenvalue weighted by molar-refractivity contribution is 7.99. The number of hydrogen-bond acceptors (Lipinski definition) is 4. The Bertz CT molecular complexity index is 201. The molecule has 2 fully saturated rings. The number of nitrogens with one attached hydrogen (secondary N) is 2. The van der Waals surface area contributed by atoms with Crippen molar-refractivity contribution in [3.8, 4) is 0 Å². The molecule has 2 atom stereocenters. The van der Waals surface area contributed by atoms with Crippen molar-refractivity contribution in [1.29, 1.82) is 0 Å². The van der Waals surface area contributed by atoms with Crippen LogP contribution >= 0.6 is 11.8 Å². The zero-order chi connectivity index (χ0) is 9.80. The predicted molar refractivity (Wildman–Crippen MR) is 56.5 cm³/mol. The van der Waals surface area contributed by atoms with Crippen molar-refractivity contribution < 1.29 is 9.53 Å². The van der Waals surface area contributed by atoms with E-state index >= 15 is 0 Å². The molecule has 0 aromatic heterocycles. The van der Waals surface area contributed by atoms with Gasteiger partial charge in [0.1, 0.15) is 6.10 Å². The van der Waals surface area contributed by atoms with Gasteiger partial charge in [-0.2, -0.15) is 11.8 Å². The van der Waals surface area contributed by atoms with Crippen LogP contribution < -0.4 is 10.6 Å². The van der Waals surface area contributed by atoms with E-state index in [0.717, 1.165) is 24.5 Å². The summed E-state index contributed by atoms with van der Waals surface area (Å²) in [5.74, 6) is 2.25. The number of ether oxygens (including phenoxy) is 1. The Morgan fingerprint density at radius 2 is 2.50 bits per heavy atom. The minimum atomic E-state index is -0.283. The molecule has 0 aromatic rings. The molecule has 0 aliphatic carbocycles. The molecule has 80 valence electrons. The zero-order valence-electron chi connectivity index (χ0n) is 8.12. The summed E-state index contributed by atoms with van der Waals surface area (Å²) in [6.07, 6.45) is 0.811. The Hall–Kier alpha value is -0.260. The van der Waals surface area contributed by atoms with E-state index in [4.69, 9.17) is 4.74 Å². The highest BCUT2D eigenvalue weighted by Gasteiger charge is 2.25. The number of hydrogen-bond donors (Lipinski definition) is 2. The third kappa shape index (κ3) is 2.62. The Balaban J connectivity index is 1.75. The van der Waals surface area contributed by atoms with E-state index < -0.39 is 0 Å². The normalized spacial score (nSPS) is 32.9. The second kappa shape index (κ2) is 5.00. The first-order valence-corrected chi connectivity index (χ1v) is 6.22. The molecule has 5 heteroatoms. The number of carbonyl (C=O) groups excluding carboxylic acids is 1. The minimum Gasteiger partial charge on any atom is -0.366 e. The lowest BCUT2D eigenvalue weighted by Crippen LogP contribution is -2.50. The molecule has 4 nitrogen and oxygen atoms in total. The predicted octanol–water partition coefficient (Wildman–Crippen LogP) is -0.404. The van der Waals surface area contributed by atoms with Gasteiger partial charge in [0.2, 0.25) is 0 Å². The van der Waals surface area contributed by atoms with Crippen LogP contribution in [0.4, 0.5) is 0 Å². The van der Waals surface area contributed by atoms with Crippen molar-refractivity contribution in [2.24, 2.45) is 0 Å². The molecular formula is C9H16N2O2S. The van der Waals surface area contributed by atoms with Crippen LogP contribution in [-0.4, -0.2) is 49.3 Å². The van der Waals surface area contributed by atoms with Gasteiger partial charge in [-0.1, -0.05) is 0 Å². The third-order valence-electron chi connectivity index (χ3n) is 2.50. The first kappa shape index (κ1) is 10.3. The molecule has 14 heavy (non-hydrogen) atoms. The molecule has 2 N–H and O–H groups in total. The number of rotatable bonds is 2. The van der Waals surface area contributed by atoms with Gasteiger partial charge in [0, 0.05) is 24.9 Å². The van der Waals surface area contributed by atoms with Crippen molar-refractivity contribution in [2.45, 2.75) is 18.6 Å². The molecule has 0 spiro atoms. The van der Waals surface area contributed by atoms with Crippen molar-refractivity contribution >= 4 is 17.7 Å². The summed E-state index contributed by atoms with van der Waals surface area (Å²) in [5, 5.41) is 6.17. The Kier molecular flexibility index (Phi) is 3.67. The molecule has 2 rings (SSSR count). The molecule has 0 bridgehead atoms. The lowest BCUT2D eigenvalue weighted by molar-refractivity contribution is -0.134. The summed E-state index contributed by atoms with van der Waals surface area (Å²) in [4.78, 5) is 11.7. The first-order valence-electron chi connectivity index (χ1n) is 5.07. The minimum absolute atomic E-state index is 0.0460. The van der Waals surface area contributed by atoms with Gasteiger partial charge in [-0.15, -0.1) is 0 Å². The Morgan fingerprint density at radius 1 is 1.57 bits per heavy atom. The molecule has 0 radical (unpaired) electrons. The summed E-state index contributed by atoms with van der Waals surface area (Å²) in [7, 11) is 0. The highest BCUT2D eigenvalue weighted by atomic mass is 32.2. The molecule has 1 amide bonds. The van der Waals surface area contributed by atoms with Gasteiger partial charge < -0.3 is 15.4 Å². The zero-order valence-corrected chi connectivity index (χ0v) is 8.94. The van der Waals surface area contributed by atoms with E-state index in [2.05, 4.69) is 10.6 Å². The van der Waals surface area contributed by atoms with Gasteiger partial charge in [-0.25, -0.2) is 0 Å². The second-order valence-electron chi connectivity index (χ2n) is 3.63. The van der Waals surface area contributed by atoms with E-state index in [-0.39, 0.29) is 12.0 Å². The monoisotopic (exact) mass is 216 g/mol. The van der Waals surface area contributed by atoms with Crippen LogP contribution in [0.5, 0.6) is 0 Å². The van der Waals surface area contributed by atoms with Crippen LogP contribution in [0.15, 0.2) is 0 Å². The van der Waals surface area contributed by atoms with Gasteiger partial charge in [-0.3, -0.25) is 4.79 Å². The number of carbonyl (C=O) groups is 1. The van der Waals surface area contributed by atoms with Gasteiger partial charge in [0.15, 0.2) is 0 Å². The van der Waals surface area contributed by atoms with Crippen LogP contribution in [0.3, 0.4) is 0 Å². The van der Waals surface area contributed by atoms with Crippen molar-refractivity contribution in [2.75, 3.05) is 31.2 Å². The molecule has 1 unspecified atom stereocenters. The lowest BCUT2D eigenvalue weighted by Gasteiger charge is -2.24. The maximum absolute atomic E-state index is 11.7. The molecule has 2 heterocycles. The molecule has 2 aliphatic rings. The van der Waals surface area contributed by atoms with Crippen LogP contribution in [-0.2, 0) is 9.53 Å². The van der Waals surface area contributed by atoms with Gasteiger partial charge in [0.05, 0.1) is 6.61 Å². The quantitative estimate of drug-likeness (QED) is 0.659. The molecule has 0 aromatic carbocycles. The maximum Gasteiger partial charge on any atom is 0.250 e. The summed E-state index contributed by atoms with van der Waals surface area (Å²) in [6, 6.07) is 0.359. The van der Waals surface area contributed by atoms with Crippen molar-refractivity contribution in [3.63, 3.8) is 0 Å². The third-order valence-corrected chi connectivity index (χ3v) is 3.66. The lowest BCUT2D eigenvalue weighted by atomic mass is 10.2.